The Balaban J connectivity index is 2.31. The Hall–Kier alpha value is -3.70. The van der Waals surface area contributed by atoms with Gasteiger partial charge in [0.05, 0.1) is 0 Å². The average molecular weight is 545 g/mol. The van der Waals surface area contributed by atoms with Crippen molar-refractivity contribution in [2.75, 3.05) is 0 Å². The molecule has 2 unspecified atom stereocenters. The maximum Gasteiger partial charge on any atom is 0.408 e. The summed E-state index contributed by atoms with van der Waals surface area (Å²) < 4.78 is 78.3. The summed E-state index contributed by atoms with van der Waals surface area (Å²) in [4.78, 5) is 38.3. The van der Waals surface area contributed by atoms with Crippen LogP contribution in [0.2, 0.25) is 0 Å². The van der Waals surface area contributed by atoms with Gasteiger partial charge in [-0.05, 0) is 38.7 Å². The molecule has 2 amide bonds. The Morgan fingerprint density at radius 1 is 0.816 bits per heavy atom. The van der Waals surface area contributed by atoms with Crippen LogP contribution in [0.5, 0.6) is 5.75 Å². The van der Waals surface area contributed by atoms with E-state index < -0.39 is 70.5 Å². The molecule has 208 valence electrons. The van der Waals surface area contributed by atoms with Gasteiger partial charge in [-0.15, -0.1) is 0 Å². The van der Waals surface area contributed by atoms with E-state index in [2.05, 4.69) is 15.4 Å². The van der Waals surface area contributed by atoms with Crippen LogP contribution in [-0.2, 0) is 20.7 Å². The van der Waals surface area contributed by atoms with Crippen LogP contribution in [0.3, 0.4) is 0 Å². The zero-order valence-electron chi connectivity index (χ0n) is 21.5. The zero-order chi connectivity index (χ0) is 28.8. The van der Waals surface area contributed by atoms with Gasteiger partial charge in [-0.3, -0.25) is 4.79 Å². The highest BCUT2D eigenvalue weighted by Crippen LogP contribution is 2.29. The normalized spacial score (nSPS) is 13.0. The highest BCUT2D eigenvalue weighted by Gasteiger charge is 2.33. The molecule has 0 saturated heterocycles. The third-order valence-electron chi connectivity index (χ3n) is 4.97. The molecular weight excluding hydrogens is 515 g/mol. The van der Waals surface area contributed by atoms with E-state index in [0.717, 1.165) is 0 Å². The molecule has 2 N–H and O–H groups in total. The van der Waals surface area contributed by atoms with E-state index >= 15 is 0 Å². The molecule has 0 radical (unpaired) electrons. The number of hydrogen-bond donors (Lipinski definition) is 2. The predicted molar refractivity (Wildman–Crippen MR) is 127 cm³/mol. The number of halogens is 5. The van der Waals surface area contributed by atoms with Crippen molar-refractivity contribution in [2.24, 2.45) is 5.92 Å². The molecule has 0 aromatic heterocycles. The van der Waals surface area contributed by atoms with E-state index in [0.29, 0.717) is 5.56 Å². The molecule has 0 aliphatic heterocycles. The van der Waals surface area contributed by atoms with E-state index in [9.17, 15) is 36.3 Å². The van der Waals surface area contributed by atoms with E-state index in [4.69, 9.17) is 4.74 Å². The number of hydrogen-bond acceptors (Lipinski definition) is 5. The van der Waals surface area contributed by atoms with Crippen molar-refractivity contribution in [1.29, 1.82) is 0 Å². The lowest BCUT2D eigenvalue weighted by Crippen LogP contribution is -2.54. The van der Waals surface area contributed by atoms with Crippen LogP contribution >= 0.6 is 0 Å². The lowest BCUT2D eigenvalue weighted by molar-refractivity contribution is -0.140. The zero-order valence-corrected chi connectivity index (χ0v) is 21.5. The Bertz CT molecular complexity index is 1140. The lowest BCUT2D eigenvalue weighted by atomic mass is 10.0. The Morgan fingerprint density at radius 3 is 1.84 bits per heavy atom. The summed E-state index contributed by atoms with van der Waals surface area (Å²) in [6.45, 7) is 8.17. The first kappa shape index (κ1) is 30.5. The van der Waals surface area contributed by atoms with E-state index in [1.807, 2.05) is 0 Å². The summed E-state index contributed by atoms with van der Waals surface area (Å²) in [6.07, 6.45) is -1.06. The van der Waals surface area contributed by atoms with Gasteiger partial charge < -0.3 is 20.1 Å². The minimum absolute atomic E-state index is 0.0208. The predicted octanol–water partition coefficient (Wildman–Crippen LogP) is 4.95. The fourth-order valence-corrected chi connectivity index (χ4v) is 3.31. The van der Waals surface area contributed by atoms with Gasteiger partial charge in [0.2, 0.25) is 40.7 Å². The van der Waals surface area contributed by atoms with Crippen molar-refractivity contribution in [3.8, 4) is 5.75 Å². The van der Waals surface area contributed by atoms with Gasteiger partial charge in [0, 0.05) is 6.42 Å². The average Bonchev–Trinajstić information content (AvgIpc) is 2.82. The van der Waals surface area contributed by atoms with Crippen LogP contribution < -0.4 is 15.4 Å². The second kappa shape index (κ2) is 12.7. The number of nitrogens with one attached hydrogen (secondary N) is 2. The van der Waals surface area contributed by atoms with Crippen molar-refractivity contribution in [3.05, 3.63) is 65.0 Å². The molecule has 0 saturated carbocycles. The molecule has 38 heavy (non-hydrogen) atoms. The summed E-state index contributed by atoms with van der Waals surface area (Å²) in [6, 6.07) is 5.73. The van der Waals surface area contributed by atoms with Crippen LogP contribution in [-0.4, -0.2) is 35.7 Å². The highest BCUT2D eigenvalue weighted by molar-refractivity contribution is 5.90. The summed E-state index contributed by atoms with van der Waals surface area (Å²) in [7, 11) is 0. The topological polar surface area (TPSA) is 93.7 Å². The summed E-state index contributed by atoms with van der Waals surface area (Å²) in [5.74, 6) is -16.1. The van der Waals surface area contributed by atoms with Gasteiger partial charge in [-0.25, -0.2) is 22.8 Å². The first-order valence-electron chi connectivity index (χ1n) is 11.7. The molecule has 0 fully saturated rings. The molecule has 0 heterocycles. The molecule has 0 bridgehead atoms. The minimum Gasteiger partial charge on any atom is -0.444 e. The lowest BCUT2D eigenvalue weighted by Gasteiger charge is -2.25. The molecule has 0 aliphatic carbocycles. The largest absolute Gasteiger partial charge is 0.444 e. The summed E-state index contributed by atoms with van der Waals surface area (Å²) in [5.41, 5.74) is -0.233. The molecule has 0 aliphatic rings. The van der Waals surface area contributed by atoms with Crippen molar-refractivity contribution >= 4 is 18.0 Å². The third kappa shape index (κ3) is 8.42. The molecule has 7 nitrogen and oxygen atoms in total. The van der Waals surface area contributed by atoms with E-state index in [1.54, 1.807) is 65.0 Å². The van der Waals surface area contributed by atoms with Crippen LogP contribution in [0, 0.1) is 35.0 Å². The van der Waals surface area contributed by atoms with Crippen LogP contribution in [0.4, 0.5) is 26.7 Å². The quantitative estimate of drug-likeness (QED) is 0.153. The number of benzene rings is 2. The first-order chi connectivity index (χ1) is 17.6. The fraction of sp³-hybridized carbons (Fsp3) is 0.423. The van der Waals surface area contributed by atoms with Crippen LogP contribution in [0.25, 0.3) is 0 Å². The van der Waals surface area contributed by atoms with Gasteiger partial charge in [0.1, 0.15) is 17.7 Å². The molecular formula is C26H29F5N2O5. The van der Waals surface area contributed by atoms with Gasteiger partial charge in [0.25, 0.3) is 0 Å². The van der Waals surface area contributed by atoms with Gasteiger partial charge in [0.15, 0.2) is 0 Å². The maximum atomic E-state index is 14.1. The number of carbonyl (C=O) groups is 3. The number of ether oxygens (including phenoxy) is 2. The fourth-order valence-electron chi connectivity index (χ4n) is 3.31. The van der Waals surface area contributed by atoms with Crippen molar-refractivity contribution in [2.45, 2.75) is 65.1 Å². The number of carbonyl (C=O) groups excluding carboxylic acids is 3. The molecule has 12 heteroatoms. The number of amides is 2. The Kier molecular flexibility index (Phi) is 10.2. The molecule has 0 spiro atoms. The SMILES string of the molecule is CC(C)CC(NC(=O)C(Cc1ccccc1)NC(=O)OC(C)(C)C)C(=O)Oc1c(F)c(F)c(F)c(F)c1F. The van der Waals surface area contributed by atoms with Gasteiger partial charge >= 0.3 is 12.1 Å². The van der Waals surface area contributed by atoms with Gasteiger partial charge in [-0.2, -0.15) is 8.78 Å². The smallest absolute Gasteiger partial charge is 0.408 e. The number of rotatable bonds is 9. The van der Waals surface area contributed by atoms with Crippen LogP contribution in [0.1, 0.15) is 46.6 Å². The summed E-state index contributed by atoms with van der Waals surface area (Å²) >= 11 is 0. The molecule has 2 rings (SSSR count). The standard InChI is InChI=1S/C26H29F5N2O5/c1-13(2)11-16(24(35)37-22-20(30)18(28)17(27)19(29)21(22)31)32-23(34)15(12-14-9-7-6-8-10-14)33-25(36)38-26(3,4)5/h6-10,13,15-16H,11-12H2,1-5H3,(H,32,34)(H,33,36). The highest BCUT2D eigenvalue weighted by atomic mass is 19.2. The minimum atomic E-state index is -2.41. The van der Waals surface area contributed by atoms with E-state index in [-0.39, 0.29) is 18.8 Å². The van der Waals surface area contributed by atoms with E-state index in [1.165, 1.54) is 0 Å². The van der Waals surface area contributed by atoms with Crippen LogP contribution in [0.15, 0.2) is 30.3 Å². The van der Waals surface area contributed by atoms with Crippen molar-refractivity contribution < 1.29 is 45.8 Å². The van der Waals surface area contributed by atoms with Crippen molar-refractivity contribution in [1.82, 2.24) is 10.6 Å². The number of esters is 1. The van der Waals surface area contributed by atoms with Gasteiger partial charge in [-0.1, -0.05) is 44.2 Å². The first-order valence-corrected chi connectivity index (χ1v) is 11.7. The summed E-state index contributed by atoms with van der Waals surface area (Å²) in [5, 5.41) is 4.77. The number of alkyl carbamates (subject to hydrolysis) is 1. The van der Waals surface area contributed by atoms with Crippen molar-refractivity contribution in [3.63, 3.8) is 0 Å². The third-order valence-corrected chi connectivity index (χ3v) is 4.97. The molecule has 2 aromatic carbocycles. The Morgan fingerprint density at radius 2 is 1.34 bits per heavy atom. The molecule has 2 aromatic rings. The second-order valence-corrected chi connectivity index (χ2v) is 9.90. The molecule has 2 atom stereocenters. The maximum absolute atomic E-state index is 14.1. The Labute approximate surface area is 216 Å². The second-order valence-electron chi connectivity index (χ2n) is 9.90. The monoisotopic (exact) mass is 544 g/mol.